The number of nitrogens with one attached hydrogen (secondary N) is 1. The number of carbonyl (C=O) groups is 2. The monoisotopic (exact) mass is 325 g/mol. The summed E-state index contributed by atoms with van der Waals surface area (Å²) in [5.74, 6) is -0.322. The van der Waals surface area contributed by atoms with Gasteiger partial charge in [-0.25, -0.2) is 0 Å². The molecule has 6 heteroatoms. The van der Waals surface area contributed by atoms with E-state index in [0.29, 0.717) is 18.7 Å². The highest BCUT2D eigenvalue weighted by Crippen LogP contribution is 2.15. The Morgan fingerprint density at radius 2 is 1.91 bits per heavy atom. The summed E-state index contributed by atoms with van der Waals surface area (Å²) >= 11 is 0. The number of amides is 2. The maximum atomic E-state index is 12.6. The molecule has 2 rings (SSSR count). The zero-order valence-electron chi connectivity index (χ0n) is 13.0. The largest absolute Gasteiger partial charge is 0.339 e. The molecule has 1 aromatic rings. The average molecular weight is 326 g/mol. The zero-order chi connectivity index (χ0) is 15.5. The molecule has 1 saturated heterocycles. The van der Waals surface area contributed by atoms with Crippen LogP contribution in [0.1, 0.15) is 37.0 Å². The molecule has 0 aromatic heterocycles. The van der Waals surface area contributed by atoms with Gasteiger partial charge in [0.25, 0.3) is 5.91 Å². The summed E-state index contributed by atoms with van der Waals surface area (Å²) in [6.45, 7) is 4.73. The van der Waals surface area contributed by atoms with Gasteiger partial charge < -0.3 is 16.0 Å². The van der Waals surface area contributed by atoms with Crippen molar-refractivity contribution in [3.05, 3.63) is 35.9 Å². The van der Waals surface area contributed by atoms with Crippen LogP contribution in [-0.4, -0.2) is 41.4 Å². The van der Waals surface area contributed by atoms with E-state index in [4.69, 9.17) is 5.73 Å². The second-order valence-corrected chi connectivity index (χ2v) is 6.10. The van der Waals surface area contributed by atoms with Gasteiger partial charge in [-0.2, -0.15) is 0 Å². The molecule has 5 nitrogen and oxygen atoms in total. The number of nitrogens with zero attached hydrogens (tertiary/aromatic N) is 1. The second kappa shape index (κ2) is 7.61. The van der Waals surface area contributed by atoms with Crippen molar-refractivity contribution >= 4 is 24.2 Å². The average Bonchev–Trinajstić information content (AvgIpc) is 2.47. The Kier molecular flexibility index (Phi) is 6.38. The molecule has 0 saturated carbocycles. The molecule has 3 N–H and O–H groups in total. The molecule has 1 aromatic carbocycles. The number of hydrogen-bond donors (Lipinski definition) is 2. The molecule has 2 amide bonds. The molecule has 0 bridgehead atoms. The van der Waals surface area contributed by atoms with Crippen molar-refractivity contribution in [1.82, 2.24) is 10.2 Å². The Balaban J connectivity index is 0.00000242. The lowest BCUT2D eigenvalue weighted by Crippen LogP contribution is -2.58. The van der Waals surface area contributed by atoms with Crippen molar-refractivity contribution < 1.29 is 9.59 Å². The van der Waals surface area contributed by atoms with Crippen LogP contribution < -0.4 is 11.1 Å². The van der Waals surface area contributed by atoms with Gasteiger partial charge in [-0.1, -0.05) is 18.2 Å². The minimum Gasteiger partial charge on any atom is -0.339 e. The molecule has 0 unspecified atom stereocenters. The van der Waals surface area contributed by atoms with E-state index in [9.17, 15) is 9.59 Å². The predicted molar refractivity (Wildman–Crippen MR) is 89.0 cm³/mol. The number of piperidine rings is 1. The van der Waals surface area contributed by atoms with Crippen LogP contribution in [0.3, 0.4) is 0 Å². The van der Waals surface area contributed by atoms with E-state index in [-0.39, 0.29) is 30.3 Å². The third-order valence-electron chi connectivity index (χ3n) is 3.74. The highest BCUT2D eigenvalue weighted by molar-refractivity contribution is 5.98. The van der Waals surface area contributed by atoms with E-state index in [1.54, 1.807) is 43.0 Å². The van der Waals surface area contributed by atoms with Gasteiger partial charge in [0.15, 0.2) is 0 Å². The lowest BCUT2D eigenvalue weighted by Gasteiger charge is -2.36. The first kappa shape index (κ1) is 18.5. The summed E-state index contributed by atoms with van der Waals surface area (Å²) in [6, 6.07) is 8.94. The minimum atomic E-state index is -0.940. The van der Waals surface area contributed by atoms with E-state index in [1.807, 2.05) is 6.07 Å². The Hall–Kier alpha value is -1.59. The SMILES string of the molecule is CC(C)(NC(=O)c1ccccc1)C(=O)N1CCC[C@@H](N)C1.Cl. The molecule has 22 heavy (non-hydrogen) atoms. The zero-order valence-corrected chi connectivity index (χ0v) is 13.9. The number of carbonyl (C=O) groups excluding carboxylic acids is 2. The maximum absolute atomic E-state index is 12.6. The Labute approximate surface area is 137 Å². The number of halogens is 1. The number of nitrogens with two attached hydrogens (primary N) is 1. The lowest BCUT2D eigenvalue weighted by atomic mass is 9.99. The van der Waals surface area contributed by atoms with Gasteiger partial charge in [-0.15, -0.1) is 12.4 Å². The van der Waals surface area contributed by atoms with E-state index in [1.165, 1.54) is 0 Å². The van der Waals surface area contributed by atoms with Gasteiger partial charge in [0.2, 0.25) is 5.91 Å². The van der Waals surface area contributed by atoms with Crippen molar-refractivity contribution in [3.8, 4) is 0 Å². The first-order chi connectivity index (χ1) is 9.90. The minimum absolute atomic E-state index is 0. The number of hydrogen-bond acceptors (Lipinski definition) is 3. The second-order valence-electron chi connectivity index (χ2n) is 6.10. The van der Waals surface area contributed by atoms with Crippen molar-refractivity contribution in [2.75, 3.05) is 13.1 Å². The number of benzene rings is 1. The summed E-state index contributed by atoms with van der Waals surface area (Å²) in [5.41, 5.74) is 5.53. The standard InChI is InChI=1S/C16H23N3O2.ClH/c1-16(2,15(21)19-10-6-9-13(17)11-19)18-14(20)12-7-4-3-5-8-12;/h3-5,7-8,13H,6,9-11,17H2,1-2H3,(H,18,20);1H/t13-;/m1./s1. The summed E-state index contributed by atoms with van der Waals surface area (Å²) in [4.78, 5) is 26.5. The quantitative estimate of drug-likeness (QED) is 0.885. The molecule has 122 valence electrons. The summed E-state index contributed by atoms with van der Waals surface area (Å²) < 4.78 is 0. The Morgan fingerprint density at radius 3 is 2.50 bits per heavy atom. The van der Waals surface area contributed by atoms with Gasteiger partial charge in [0.1, 0.15) is 5.54 Å². The van der Waals surface area contributed by atoms with Crippen molar-refractivity contribution in [2.24, 2.45) is 5.73 Å². The fourth-order valence-electron chi connectivity index (χ4n) is 2.59. The van der Waals surface area contributed by atoms with Gasteiger partial charge in [-0.05, 0) is 38.8 Å². The van der Waals surface area contributed by atoms with E-state index < -0.39 is 5.54 Å². The summed E-state index contributed by atoms with van der Waals surface area (Å²) in [6.07, 6.45) is 1.86. The molecule has 0 spiro atoms. The van der Waals surface area contributed by atoms with Crippen LogP contribution >= 0.6 is 12.4 Å². The van der Waals surface area contributed by atoms with Gasteiger partial charge in [0, 0.05) is 24.7 Å². The van der Waals surface area contributed by atoms with Gasteiger partial charge >= 0.3 is 0 Å². The highest BCUT2D eigenvalue weighted by atomic mass is 35.5. The molecule has 1 atom stereocenters. The number of rotatable bonds is 3. The van der Waals surface area contributed by atoms with E-state index >= 15 is 0 Å². The van der Waals surface area contributed by atoms with Crippen LogP contribution in [0.15, 0.2) is 30.3 Å². The Morgan fingerprint density at radius 1 is 1.27 bits per heavy atom. The maximum Gasteiger partial charge on any atom is 0.252 e. The number of likely N-dealkylation sites (tertiary alicyclic amines) is 1. The highest BCUT2D eigenvalue weighted by Gasteiger charge is 2.35. The molecule has 1 heterocycles. The van der Waals surface area contributed by atoms with E-state index in [0.717, 1.165) is 12.8 Å². The molecule has 0 radical (unpaired) electrons. The molecule has 0 aliphatic carbocycles. The molecule has 1 aliphatic rings. The first-order valence-corrected chi connectivity index (χ1v) is 7.32. The van der Waals surface area contributed by atoms with Crippen LogP contribution in [0.5, 0.6) is 0 Å². The van der Waals surface area contributed by atoms with Crippen LogP contribution in [0.2, 0.25) is 0 Å². The first-order valence-electron chi connectivity index (χ1n) is 7.32. The van der Waals surface area contributed by atoms with Gasteiger partial charge in [-0.3, -0.25) is 9.59 Å². The molecule has 1 aliphatic heterocycles. The van der Waals surface area contributed by atoms with Crippen LogP contribution in [-0.2, 0) is 4.79 Å². The third kappa shape index (κ3) is 4.45. The van der Waals surface area contributed by atoms with Crippen LogP contribution in [0, 0.1) is 0 Å². The molecule has 1 fully saturated rings. The molecular formula is C16H24ClN3O2. The summed E-state index contributed by atoms with van der Waals surface area (Å²) in [5, 5.41) is 2.81. The summed E-state index contributed by atoms with van der Waals surface area (Å²) in [7, 11) is 0. The lowest BCUT2D eigenvalue weighted by molar-refractivity contribution is -0.138. The van der Waals surface area contributed by atoms with Crippen molar-refractivity contribution in [3.63, 3.8) is 0 Å². The van der Waals surface area contributed by atoms with Crippen LogP contribution in [0.25, 0.3) is 0 Å². The fraction of sp³-hybridized carbons (Fsp3) is 0.500. The predicted octanol–water partition coefficient (Wildman–Crippen LogP) is 1.57. The van der Waals surface area contributed by atoms with E-state index in [2.05, 4.69) is 5.32 Å². The molecular weight excluding hydrogens is 302 g/mol. The van der Waals surface area contributed by atoms with Crippen LogP contribution in [0.4, 0.5) is 0 Å². The third-order valence-corrected chi connectivity index (χ3v) is 3.74. The van der Waals surface area contributed by atoms with Crippen molar-refractivity contribution in [1.29, 1.82) is 0 Å². The smallest absolute Gasteiger partial charge is 0.252 e. The van der Waals surface area contributed by atoms with Gasteiger partial charge in [0.05, 0.1) is 0 Å². The Bertz CT molecular complexity index is 519. The van der Waals surface area contributed by atoms with Crippen molar-refractivity contribution in [2.45, 2.75) is 38.3 Å². The fourth-order valence-corrected chi connectivity index (χ4v) is 2.59. The topological polar surface area (TPSA) is 75.4 Å². The normalized spacial score (nSPS) is 18.3.